The molecule has 29 heavy (non-hydrogen) atoms. The summed E-state index contributed by atoms with van der Waals surface area (Å²) < 4.78 is 15.4. The lowest BCUT2D eigenvalue weighted by Crippen LogP contribution is -2.35. The molecule has 2 aromatic rings. The lowest BCUT2D eigenvalue weighted by atomic mass is 9.75. The van der Waals surface area contributed by atoms with Gasteiger partial charge < -0.3 is 21.6 Å². The van der Waals surface area contributed by atoms with Crippen molar-refractivity contribution in [2.24, 2.45) is 17.4 Å². The minimum absolute atomic E-state index is 0.0971. The second-order valence-electron chi connectivity index (χ2n) is 9.26. The molecule has 6 heteroatoms. The normalized spacial score (nSPS) is 22.8. The molecule has 2 aliphatic rings. The standard InChI is InChI=1S/C23H30FN3O2/c1-11-13(5-4-6-17(11)25)19-16(24)10-15(22(26)28)21-20(19)14-8-7-12(23(2,3)29)9-18(14)27-21/h10,12-13,27,29H,4-9,25H2,1-3H3,(H2,26,28)/t12-,13?/m0/s1. The van der Waals surface area contributed by atoms with Crippen LogP contribution in [0.25, 0.3) is 10.9 Å². The molecule has 2 atom stereocenters. The van der Waals surface area contributed by atoms with Crippen LogP contribution in [-0.4, -0.2) is 21.6 Å². The third-order valence-corrected chi connectivity index (χ3v) is 7.03. The Labute approximate surface area is 170 Å². The molecular weight excluding hydrogens is 369 g/mol. The molecule has 0 aliphatic heterocycles. The van der Waals surface area contributed by atoms with E-state index in [9.17, 15) is 9.90 Å². The van der Waals surface area contributed by atoms with Gasteiger partial charge in [0.05, 0.1) is 16.7 Å². The number of allylic oxidation sites excluding steroid dienone is 2. The molecule has 0 spiro atoms. The second kappa shape index (κ2) is 6.87. The smallest absolute Gasteiger partial charge is 0.250 e. The highest BCUT2D eigenvalue weighted by Gasteiger charge is 2.35. The van der Waals surface area contributed by atoms with Gasteiger partial charge in [0.25, 0.3) is 5.91 Å². The SMILES string of the molecule is CC1=C(N)CCCC1c1c(F)cc(C(N)=O)c2[nH]c3c(c12)CC[C@H](C(C)(C)O)C3. The molecule has 0 fully saturated rings. The molecule has 0 bridgehead atoms. The quantitative estimate of drug-likeness (QED) is 0.631. The highest BCUT2D eigenvalue weighted by atomic mass is 19.1. The first-order chi connectivity index (χ1) is 13.6. The number of carbonyl (C=O) groups excluding carboxylic acids is 1. The highest BCUT2D eigenvalue weighted by Crippen LogP contribution is 2.45. The molecule has 1 heterocycles. The summed E-state index contributed by atoms with van der Waals surface area (Å²) in [6.45, 7) is 5.63. The van der Waals surface area contributed by atoms with Crippen molar-refractivity contribution in [3.63, 3.8) is 0 Å². The Kier molecular flexibility index (Phi) is 4.73. The van der Waals surface area contributed by atoms with Crippen molar-refractivity contribution < 1.29 is 14.3 Å². The zero-order valence-corrected chi connectivity index (χ0v) is 17.4. The number of aromatic nitrogens is 1. The maximum Gasteiger partial charge on any atom is 0.250 e. The van der Waals surface area contributed by atoms with Crippen molar-refractivity contribution in [1.29, 1.82) is 0 Å². The number of nitrogens with one attached hydrogen (secondary N) is 1. The molecule has 0 saturated heterocycles. The van der Waals surface area contributed by atoms with Crippen LogP contribution in [0.3, 0.4) is 0 Å². The third kappa shape index (κ3) is 3.23. The van der Waals surface area contributed by atoms with Crippen LogP contribution < -0.4 is 11.5 Å². The van der Waals surface area contributed by atoms with Crippen LogP contribution in [-0.2, 0) is 12.8 Å². The van der Waals surface area contributed by atoms with Crippen molar-refractivity contribution in [2.45, 2.75) is 70.8 Å². The predicted molar refractivity (Wildman–Crippen MR) is 112 cm³/mol. The first-order valence-corrected chi connectivity index (χ1v) is 10.4. The van der Waals surface area contributed by atoms with Crippen molar-refractivity contribution >= 4 is 16.8 Å². The highest BCUT2D eigenvalue weighted by molar-refractivity contribution is 6.07. The van der Waals surface area contributed by atoms with Gasteiger partial charge in [0, 0.05) is 28.3 Å². The van der Waals surface area contributed by atoms with Gasteiger partial charge in [-0.05, 0) is 82.4 Å². The number of fused-ring (bicyclic) bond motifs is 3. The molecule has 156 valence electrons. The summed E-state index contributed by atoms with van der Waals surface area (Å²) in [4.78, 5) is 15.4. The fraction of sp³-hybridized carbons (Fsp3) is 0.522. The lowest BCUT2D eigenvalue weighted by molar-refractivity contribution is 0.0107. The number of H-pyrrole nitrogens is 1. The van der Waals surface area contributed by atoms with Gasteiger partial charge >= 0.3 is 0 Å². The molecule has 4 rings (SSSR count). The summed E-state index contributed by atoms with van der Waals surface area (Å²) in [7, 11) is 0. The number of benzene rings is 1. The van der Waals surface area contributed by atoms with Crippen molar-refractivity contribution in [2.75, 3.05) is 0 Å². The number of primary amides is 1. The summed E-state index contributed by atoms with van der Waals surface area (Å²) in [5.41, 5.74) is 16.3. The Hall–Kier alpha value is -2.34. The van der Waals surface area contributed by atoms with E-state index in [-0.39, 0.29) is 17.4 Å². The number of halogens is 1. The van der Waals surface area contributed by atoms with Crippen LogP contribution in [0.15, 0.2) is 17.3 Å². The van der Waals surface area contributed by atoms with E-state index >= 15 is 4.39 Å². The Morgan fingerprint density at radius 3 is 2.69 bits per heavy atom. The van der Waals surface area contributed by atoms with Gasteiger partial charge in [-0.15, -0.1) is 0 Å². The molecule has 5 nitrogen and oxygen atoms in total. The molecular formula is C23H30FN3O2. The number of aliphatic hydroxyl groups is 1. The Morgan fingerprint density at radius 2 is 2.03 bits per heavy atom. The molecule has 6 N–H and O–H groups in total. The van der Waals surface area contributed by atoms with Gasteiger partial charge in [-0.25, -0.2) is 4.39 Å². The van der Waals surface area contributed by atoms with Crippen molar-refractivity contribution in [1.82, 2.24) is 4.98 Å². The first-order valence-electron chi connectivity index (χ1n) is 10.4. The van der Waals surface area contributed by atoms with E-state index in [2.05, 4.69) is 4.98 Å². The van der Waals surface area contributed by atoms with Crippen LogP contribution in [0.1, 0.15) is 79.6 Å². The van der Waals surface area contributed by atoms with E-state index in [0.717, 1.165) is 60.0 Å². The van der Waals surface area contributed by atoms with Crippen LogP contribution in [0.4, 0.5) is 4.39 Å². The maximum absolute atomic E-state index is 15.4. The summed E-state index contributed by atoms with van der Waals surface area (Å²) in [6.07, 6.45) is 4.79. The van der Waals surface area contributed by atoms with E-state index in [1.165, 1.54) is 6.07 Å². The van der Waals surface area contributed by atoms with E-state index in [1.807, 2.05) is 20.8 Å². The largest absolute Gasteiger partial charge is 0.402 e. The fourth-order valence-corrected chi connectivity index (χ4v) is 5.24. The molecule has 1 aromatic heterocycles. The van der Waals surface area contributed by atoms with Crippen LogP contribution in [0.2, 0.25) is 0 Å². The fourth-order valence-electron chi connectivity index (χ4n) is 5.24. The molecule has 1 aromatic carbocycles. The monoisotopic (exact) mass is 399 g/mol. The van der Waals surface area contributed by atoms with Crippen molar-refractivity contribution in [3.8, 4) is 0 Å². The minimum atomic E-state index is -0.799. The zero-order chi connectivity index (χ0) is 21.1. The van der Waals surface area contributed by atoms with Gasteiger partial charge in [0.15, 0.2) is 0 Å². The molecule has 0 radical (unpaired) electrons. The zero-order valence-electron chi connectivity index (χ0n) is 17.4. The lowest BCUT2D eigenvalue weighted by Gasteiger charge is -2.33. The van der Waals surface area contributed by atoms with Crippen LogP contribution in [0.5, 0.6) is 0 Å². The average Bonchev–Trinajstić information content (AvgIpc) is 3.01. The Bertz CT molecular complexity index is 1030. The number of hydrogen-bond acceptors (Lipinski definition) is 3. The number of aromatic amines is 1. The van der Waals surface area contributed by atoms with Gasteiger partial charge in [-0.3, -0.25) is 4.79 Å². The maximum atomic E-state index is 15.4. The summed E-state index contributed by atoms with van der Waals surface area (Å²) in [6, 6.07) is 1.27. The molecule has 1 amide bonds. The summed E-state index contributed by atoms with van der Waals surface area (Å²) >= 11 is 0. The Morgan fingerprint density at radius 1 is 1.31 bits per heavy atom. The third-order valence-electron chi connectivity index (χ3n) is 7.03. The van der Waals surface area contributed by atoms with Gasteiger partial charge in [-0.2, -0.15) is 0 Å². The van der Waals surface area contributed by atoms with Gasteiger partial charge in [-0.1, -0.05) is 0 Å². The molecule has 1 unspecified atom stereocenters. The number of hydrogen-bond donors (Lipinski definition) is 4. The summed E-state index contributed by atoms with van der Waals surface area (Å²) in [5.74, 6) is -1.04. The number of rotatable bonds is 3. The van der Waals surface area contributed by atoms with E-state index in [0.29, 0.717) is 17.5 Å². The van der Waals surface area contributed by atoms with Gasteiger partial charge in [0.1, 0.15) is 5.82 Å². The number of amides is 1. The van der Waals surface area contributed by atoms with E-state index in [4.69, 9.17) is 11.5 Å². The minimum Gasteiger partial charge on any atom is -0.402 e. The predicted octanol–water partition coefficient (Wildman–Crippen LogP) is 3.78. The number of carbonyl (C=O) groups is 1. The number of aryl methyl sites for hydroxylation is 1. The molecule has 2 aliphatic carbocycles. The number of nitrogens with two attached hydrogens (primary N) is 2. The van der Waals surface area contributed by atoms with E-state index in [1.54, 1.807) is 0 Å². The van der Waals surface area contributed by atoms with Crippen molar-refractivity contribution in [3.05, 3.63) is 45.5 Å². The molecule has 0 saturated carbocycles. The van der Waals surface area contributed by atoms with Crippen LogP contribution in [0, 0.1) is 11.7 Å². The Balaban J connectivity index is 1.97. The topological polar surface area (TPSA) is 105 Å². The van der Waals surface area contributed by atoms with Gasteiger partial charge in [0.2, 0.25) is 0 Å². The second-order valence-corrected chi connectivity index (χ2v) is 9.26. The first kappa shape index (κ1) is 20.0. The average molecular weight is 400 g/mol. The van der Waals surface area contributed by atoms with E-state index < -0.39 is 17.3 Å². The summed E-state index contributed by atoms with van der Waals surface area (Å²) in [5, 5.41) is 11.3. The van der Waals surface area contributed by atoms with Crippen LogP contribution >= 0.6 is 0 Å².